The molecular formula is C15H18F3N5. The summed E-state index contributed by atoms with van der Waals surface area (Å²) in [6, 6.07) is 6.57. The molecule has 0 saturated carbocycles. The van der Waals surface area contributed by atoms with Gasteiger partial charge in [0.2, 0.25) is 5.95 Å². The van der Waals surface area contributed by atoms with E-state index in [0.717, 1.165) is 18.7 Å². The second-order valence-corrected chi connectivity index (χ2v) is 5.20. The maximum Gasteiger partial charge on any atom is 0.416 e. The molecule has 1 aromatic carbocycles. The summed E-state index contributed by atoms with van der Waals surface area (Å²) in [5.74, 6) is 0.843. The molecule has 0 fully saturated rings. The number of alkyl halides is 3. The summed E-state index contributed by atoms with van der Waals surface area (Å²) in [6.45, 7) is 1.48. The first-order valence-electron chi connectivity index (χ1n) is 7.00. The molecule has 0 aliphatic rings. The second-order valence-electron chi connectivity index (χ2n) is 5.20. The standard InChI is InChI=1S/C15H18F3N5/c1-23(2)9-8-20-14-19-7-6-13(22-14)21-12-5-3-4-11(10-12)15(16,17)18/h3-7,10H,8-9H2,1-2H3,(H2,19,20,21,22). The third kappa shape index (κ3) is 5.41. The van der Waals surface area contributed by atoms with Crippen molar-refractivity contribution in [3.63, 3.8) is 0 Å². The third-order valence-electron chi connectivity index (χ3n) is 2.96. The molecule has 8 heteroatoms. The minimum absolute atomic E-state index is 0.317. The highest BCUT2D eigenvalue weighted by molar-refractivity contribution is 5.58. The predicted molar refractivity (Wildman–Crippen MR) is 83.8 cm³/mol. The highest BCUT2D eigenvalue weighted by atomic mass is 19.4. The summed E-state index contributed by atoms with van der Waals surface area (Å²) in [4.78, 5) is 10.3. The van der Waals surface area contributed by atoms with Gasteiger partial charge in [-0.1, -0.05) is 6.07 Å². The smallest absolute Gasteiger partial charge is 0.353 e. The van der Waals surface area contributed by atoms with Gasteiger partial charge in [-0.2, -0.15) is 18.2 Å². The molecule has 1 aromatic heterocycles. The van der Waals surface area contributed by atoms with Crippen molar-refractivity contribution < 1.29 is 13.2 Å². The van der Waals surface area contributed by atoms with Crippen LogP contribution in [0.3, 0.4) is 0 Å². The summed E-state index contributed by atoms with van der Waals surface area (Å²) >= 11 is 0. The lowest BCUT2D eigenvalue weighted by Gasteiger charge is -2.12. The molecule has 0 bridgehead atoms. The van der Waals surface area contributed by atoms with Gasteiger partial charge in [-0.05, 0) is 38.4 Å². The van der Waals surface area contributed by atoms with E-state index in [1.165, 1.54) is 6.07 Å². The number of benzene rings is 1. The Bertz CT molecular complexity index is 643. The maximum atomic E-state index is 12.7. The van der Waals surface area contributed by atoms with E-state index in [-0.39, 0.29) is 0 Å². The number of anilines is 3. The Hall–Kier alpha value is -2.35. The summed E-state index contributed by atoms with van der Waals surface area (Å²) in [5, 5.41) is 5.91. The average Bonchev–Trinajstić information content (AvgIpc) is 2.47. The van der Waals surface area contributed by atoms with Gasteiger partial charge in [-0.25, -0.2) is 4.98 Å². The van der Waals surface area contributed by atoms with Gasteiger partial charge < -0.3 is 15.5 Å². The van der Waals surface area contributed by atoms with Crippen molar-refractivity contribution >= 4 is 17.5 Å². The number of likely N-dealkylation sites (N-methyl/N-ethyl adjacent to an activating group) is 1. The fourth-order valence-corrected chi connectivity index (χ4v) is 1.83. The Morgan fingerprint density at radius 2 is 1.96 bits per heavy atom. The summed E-state index contributed by atoms with van der Waals surface area (Å²) < 4.78 is 38.1. The lowest BCUT2D eigenvalue weighted by molar-refractivity contribution is -0.137. The van der Waals surface area contributed by atoms with Crippen LogP contribution < -0.4 is 10.6 Å². The first kappa shape index (κ1) is 17.0. The number of nitrogens with zero attached hydrogens (tertiary/aromatic N) is 3. The van der Waals surface area contributed by atoms with Gasteiger partial charge in [0.25, 0.3) is 0 Å². The molecule has 0 aliphatic heterocycles. The van der Waals surface area contributed by atoms with Crippen LogP contribution in [0, 0.1) is 0 Å². The van der Waals surface area contributed by atoms with Crippen LogP contribution in [0.5, 0.6) is 0 Å². The number of halogens is 3. The highest BCUT2D eigenvalue weighted by Gasteiger charge is 2.30. The van der Waals surface area contributed by atoms with Crippen LogP contribution in [-0.2, 0) is 6.18 Å². The zero-order valence-corrected chi connectivity index (χ0v) is 12.9. The van der Waals surface area contributed by atoms with Crippen LogP contribution in [0.4, 0.5) is 30.6 Å². The van der Waals surface area contributed by atoms with E-state index in [2.05, 4.69) is 20.6 Å². The first-order chi connectivity index (χ1) is 10.8. The lowest BCUT2D eigenvalue weighted by atomic mass is 10.2. The van der Waals surface area contributed by atoms with Crippen molar-refractivity contribution in [2.45, 2.75) is 6.18 Å². The normalized spacial score (nSPS) is 11.6. The van der Waals surface area contributed by atoms with Crippen molar-refractivity contribution in [2.24, 2.45) is 0 Å². The molecule has 1 heterocycles. The molecular weight excluding hydrogens is 307 g/mol. The molecule has 0 saturated heterocycles. The number of hydrogen-bond acceptors (Lipinski definition) is 5. The van der Waals surface area contributed by atoms with Crippen molar-refractivity contribution in [3.8, 4) is 0 Å². The van der Waals surface area contributed by atoms with E-state index in [1.54, 1.807) is 18.3 Å². The molecule has 2 rings (SSSR count). The number of rotatable bonds is 6. The second kappa shape index (κ2) is 7.28. The minimum Gasteiger partial charge on any atom is -0.353 e. The van der Waals surface area contributed by atoms with E-state index >= 15 is 0 Å². The Morgan fingerprint density at radius 1 is 1.17 bits per heavy atom. The zero-order chi connectivity index (χ0) is 16.9. The molecule has 0 amide bonds. The average molecular weight is 325 g/mol. The predicted octanol–water partition coefficient (Wildman–Crippen LogP) is 3.21. The molecule has 5 nitrogen and oxygen atoms in total. The Balaban J connectivity index is 2.06. The quantitative estimate of drug-likeness (QED) is 0.854. The summed E-state index contributed by atoms with van der Waals surface area (Å²) in [6.07, 6.45) is -2.83. The first-order valence-corrected chi connectivity index (χ1v) is 7.00. The van der Waals surface area contributed by atoms with Gasteiger partial charge in [-0.3, -0.25) is 0 Å². The van der Waals surface area contributed by atoms with Crippen LogP contribution in [0.25, 0.3) is 0 Å². The van der Waals surface area contributed by atoms with Gasteiger partial charge in [0.05, 0.1) is 5.56 Å². The Labute approximate surface area is 132 Å². The van der Waals surface area contributed by atoms with Gasteiger partial charge in [0.15, 0.2) is 0 Å². The number of nitrogens with one attached hydrogen (secondary N) is 2. The minimum atomic E-state index is -4.37. The van der Waals surface area contributed by atoms with Gasteiger partial charge in [-0.15, -0.1) is 0 Å². The Morgan fingerprint density at radius 3 is 2.65 bits per heavy atom. The Kier molecular flexibility index (Phi) is 5.38. The van der Waals surface area contributed by atoms with E-state index in [9.17, 15) is 13.2 Å². The maximum absolute atomic E-state index is 12.7. The van der Waals surface area contributed by atoms with E-state index in [0.29, 0.717) is 24.0 Å². The number of aromatic nitrogens is 2. The third-order valence-corrected chi connectivity index (χ3v) is 2.96. The molecule has 0 spiro atoms. The molecule has 23 heavy (non-hydrogen) atoms. The molecule has 2 aromatic rings. The molecule has 0 radical (unpaired) electrons. The van der Waals surface area contributed by atoms with Gasteiger partial charge in [0.1, 0.15) is 5.82 Å². The molecule has 0 atom stereocenters. The summed E-state index contributed by atoms with van der Waals surface area (Å²) in [7, 11) is 3.91. The summed E-state index contributed by atoms with van der Waals surface area (Å²) in [5.41, 5.74) is -0.390. The highest BCUT2D eigenvalue weighted by Crippen LogP contribution is 2.31. The number of hydrogen-bond donors (Lipinski definition) is 2. The fourth-order valence-electron chi connectivity index (χ4n) is 1.83. The monoisotopic (exact) mass is 325 g/mol. The largest absolute Gasteiger partial charge is 0.416 e. The molecule has 0 aliphatic carbocycles. The van der Waals surface area contributed by atoms with Crippen molar-refractivity contribution in [3.05, 3.63) is 42.1 Å². The molecule has 124 valence electrons. The van der Waals surface area contributed by atoms with Gasteiger partial charge >= 0.3 is 6.18 Å². The van der Waals surface area contributed by atoms with E-state index in [1.807, 2.05) is 19.0 Å². The van der Waals surface area contributed by atoms with Crippen LogP contribution in [0.1, 0.15) is 5.56 Å². The fraction of sp³-hybridized carbons (Fsp3) is 0.333. The topological polar surface area (TPSA) is 53.1 Å². The molecule has 2 N–H and O–H groups in total. The zero-order valence-electron chi connectivity index (χ0n) is 12.9. The van der Waals surface area contributed by atoms with Gasteiger partial charge in [0, 0.05) is 25.0 Å². The van der Waals surface area contributed by atoms with Crippen LogP contribution in [0.15, 0.2) is 36.5 Å². The van der Waals surface area contributed by atoms with Crippen molar-refractivity contribution in [1.29, 1.82) is 0 Å². The van der Waals surface area contributed by atoms with Crippen molar-refractivity contribution in [2.75, 3.05) is 37.8 Å². The van der Waals surface area contributed by atoms with Crippen LogP contribution >= 0.6 is 0 Å². The van der Waals surface area contributed by atoms with E-state index < -0.39 is 11.7 Å². The lowest BCUT2D eigenvalue weighted by Crippen LogP contribution is -2.21. The van der Waals surface area contributed by atoms with Crippen LogP contribution in [0.2, 0.25) is 0 Å². The van der Waals surface area contributed by atoms with Crippen LogP contribution in [-0.4, -0.2) is 42.1 Å². The van der Waals surface area contributed by atoms with Crippen molar-refractivity contribution in [1.82, 2.24) is 14.9 Å². The van der Waals surface area contributed by atoms with E-state index in [4.69, 9.17) is 0 Å². The molecule has 0 unspecified atom stereocenters. The SMILES string of the molecule is CN(C)CCNc1nccc(Nc2cccc(C(F)(F)F)c2)n1.